The van der Waals surface area contributed by atoms with Gasteiger partial charge in [0, 0.05) is 25.7 Å². The van der Waals surface area contributed by atoms with E-state index in [0.717, 1.165) is 24.6 Å². The van der Waals surface area contributed by atoms with E-state index in [1.54, 1.807) is 18.2 Å². The number of nitrogens with one attached hydrogen (secondary N) is 1. The summed E-state index contributed by atoms with van der Waals surface area (Å²) in [6.07, 6.45) is 0. The lowest BCUT2D eigenvalue weighted by molar-refractivity contribution is -0.120. The molecule has 0 aliphatic carbocycles. The quantitative estimate of drug-likeness (QED) is 0.637. The Morgan fingerprint density at radius 3 is 2.76 bits per heavy atom. The van der Waals surface area contributed by atoms with Gasteiger partial charge in [0.05, 0.1) is 30.9 Å². The van der Waals surface area contributed by atoms with E-state index in [4.69, 9.17) is 15.6 Å². The van der Waals surface area contributed by atoms with E-state index in [9.17, 15) is 9.59 Å². The smallest absolute Gasteiger partial charge is 0.252 e. The molecule has 2 amide bonds. The molecule has 4 N–H and O–H groups in total. The molecular formula is C16H21N5O4. The Labute approximate surface area is 144 Å². The van der Waals surface area contributed by atoms with E-state index in [-0.39, 0.29) is 0 Å². The summed E-state index contributed by atoms with van der Waals surface area (Å²) in [5.74, 6) is -0.455. The fourth-order valence-corrected chi connectivity index (χ4v) is 2.82. The number of hydrogen-bond donors (Lipinski definition) is 3. The van der Waals surface area contributed by atoms with Gasteiger partial charge in [0.15, 0.2) is 0 Å². The molecule has 9 nitrogen and oxygen atoms in total. The summed E-state index contributed by atoms with van der Waals surface area (Å²) in [6, 6.07) is 4.00. The van der Waals surface area contributed by atoms with Crippen LogP contribution in [0.4, 0.5) is 5.95 Å². The average molecular weight is 347 g/mol. The third-order valence-corrected chi connectivity index (χ3v) is 4.24. The number of fused-ring (bicyclic) bond motifs is 1. The molecule has 1 atom stereocenters. The standard InChI is InChI=1S/C16H21N5O4/c1-20-13-3-2-10(15(24)18-12(9-22)14(17)23)8-11(13)19-16(20)21-4-6-25-7-5-21/h2-3,8,12,22H,4-7,9H2,1H3,(H2,17,23)(H,18,24)/t12-/m0/s1. The van der Waals surface area contributed by atoms with Gasteiger partial charge in [-0.3, -0.25) is 9.59 Å². The van der Waals surface area contributed by atoms with Gasteiger partial charge < -0.3 is 30.4 Å². The number of aliphatic hydroxyl groups is 1. The zero-order valence-electron chi connectivity index (χ0n) is 13.9. The van der Waals surface area contributed by atoms with Crippen LogP contribution in [0.5, 0.6) is 0 Å². The van der Waals surface area contributed by atoms with Crippen LogP contribution >= 0.6 is 0 Å². The summed E-state index contributed by atoms with van der Waals surface area (Å²) in [4.78, 5) is 30.2. The minimum absolute atomic E-state index is 0.346. The Kier molecular flexibility index (Phi) is 4.86. The molecule has 0 spiro atoms. The van der Waals surface area contributed by atoms with Crippen molar-refractivity contribution < 1.29 is 19.4 Å². The van der Waals surface area contributed by atoms with Crippen molar-refractivity contribution in [3.05, 3.63) is 23.8 Å². The van der Waals surface area contributed by atoms with Crippen molar-refractivity contribution >= 4 is 28.8 Å². The average Bonchev–Trinajstić information content (AvgIpc) is 2.96. The Morgan fingerprint density at radius 2 is 2.12 bits per heavy atom. The fraction of sp³-hybridized carbons (Fsp3) is 0.438. The largest absolute Gasteiger partial charge is 0.394 e. The fourth-order valence-electron chi connectivity index (χ4n) is 2.82. The van der Waals surface area contributed by atoms with Gasteiger partial charge in [-0.15, -0.1) is 0 Å². The Balaban J connectivity index is 1.87. The van der Waals surface area contributed by atoms with Gasteiger partial charge in [0.25, 0.3) is 5.91 Å². The summed E-state index contributed by atoms with van der Waals surface area (Å²) >= 11 is 0. The van der Waals surface area contributed by atoms with E-state index < -0.39 is 24.5 Å². The third-order valence-electron chi connectivity index (χ3n) is 4.24. The highest BCUT2D eigenvalue weighted by Crippen LogP contribution is 2.23. The highest BCUT2D eigenvalue weighted by molar-refractivity contribution is 6.00. The number of nitrogens with zero attached hydrogens (tertiary/aromatic N) is 3. The molecule has 0 unspecified atom stereocenters. The predicted octanol–water partition coefficient (Wildman–Crippen LogP) is -1.01. The number of ether oxygens (including phenoxy) is 1. The lowest BCUT2D eigenvalue weighted by atomic mass is 10.1. The number of hydrogen-bond acceptors (Lipinski definition) is 6. The Hall–Kier alpha value is -2.65. The predicted molar refractivity (Wildman–Crippen MR) is 91.3 cm³/mol. The van der Waals surface area contributed by atoms with Crippen molar-refractivity contribution in [3.63, 3.8) is 0 Å². The van der Waals surface area contributed by atoms with Crippen LogP contribution in [0, 0.1) is 0 Å². The number of benzene rings is 1. The number of aliphatic hydroxyl groups excluding tert-OH is 1. The van der Waals surface area contributed by atoms with E-state index in [2.05, 4.69) is 15.2 Å². The van der Waals surface area contributed by atoms with Gasteiger partial charge in [0.1, 0.15) is 6.04 Å². The molecule has 9 heteroatoms. The van der Waals surface area contributed by atoms with Crippen LogP contribution in [-0.2, 0) is 16.6 Å². The molecular weight excluding hydrogens is 326 g/mol. The normalized spacial score (nSPS) is 16.0. The van der Waals surface area contributed by atoms with Crippen molar-refractivity contribution in [3.8, 4) is 0 Å². The number of aryl methyl sites for hydroxylation is 1. The van der Waals surface area contributed by atoms with Crippen LogP contribution in [0.15, 0.2) is 18.2 Å². The van der Waals surface area contributed by atoms with Crippen LogP contribution in [0.3, 0.4) is 0 Å². The van der Waals surface area contributed by atoms with Crippen molar-refractivity contribution in [2.45, 2.75) is 6.04 Å². The molecule has 1 aromatic carbocycles. The van der Waals surface area contributed by atoms with Crippen LogP contribution in [0.1, 0.15) is 10.4 Å². The Bertz CT molecular complexity index is 797. The monoisotopic (exact) mass is 347 g/mol. The molecule has 1 saturated heterocycles. The second-order valence-electron chi connectivity index (χ2n) is 5.88. The van der Waals surface area contributed by atoms with E-state index in [0.29, 0.717) is 24.3 Å². The first kappa shape index (κ1) is 17.2. The lowest BCUT2D eigenvalue weighted by Gasteiger charge is -2.27. The van der Waals surface area contributed by atoms with Crippen LogP contribution in [0.25, 0.3) is 11.0 Å². The number of anilines is 1. The van der Waals surface area contributed by atoms with Gasteiger partial charge in [-0.25, -0.2) is 4.98 Å². The highest BCUT2D eigenvalue weighted by atomic mass is 16.5. The summed E-state index contributed by atoms with van der Waals surface area (Å²) in [5, 5.41) is 11.5. The molecule has 1 aliphatic heterocycles. The summed E-state index contributed by atoms with van der Waals surface area (Å²) in [7, 11) is 1.93. The van der Waals surface area contributed by atoms with Gasteiger partial charge in [-0.05, 0) is 18.2 Å². The third kappa shape index (κ3) is 3.42. The summed E-state index contributed by atoms with van der Waals surface area (Å²) in [5.41, 5.74) is 7.04. The molecule has 2 aromatic rings. The number of imidazole rings is 1. The second-order valence-corrected chi connectivity index (χ2v) is 5.88. The van der Waals surface area contributed by atoms with Gasteiger partial charge in [-0.2, -0.15) is 0 Å². The van der Waals surface area contributed by atoms with Crippen LogP contribution < -0.4 is 16.0 Å². The number of rotatable bonds is 5. The van der Waals surface area contributed by atoms with Crippen LogP contribution in [-0.4, -0.2) is 65.4 Å². The number of carbonyl (C=O) groups is 2. The van der Waals surface area contributed by atoms with Gasteiger partial charge in [0.2, 0.25) is 11.9 Å². The van der Waals surface area contributed by atoms with Crippen molar-refractivity contribution in [1.29, 1.82) is 0 Å². The summed E-state index contributed by atoms with van der Waals surface area (Å²) in [6.45, 7) is 2.30. The first-order valence-corrected chi connectivity index (χ1v) is 8.01. The molecule has 0 radical (unpaired) electrons. The molecule has 3 rings (SSSR count). The minimum atomic E-state index is -1.11. The molecule has 25 heavy (non-hydrogen) atoms. The second kappa shape index (κ2) is 7.08. The molecule has 0 saturated carbocycles. The number of nitrogens with two attached hydrogens (primary N) is 1. The molecule has 134 valence electrons. The number of morpholine rings is 1. The summed E-state index contributed by atoms with van der Waals surface area (Å²) < 4.78 is 7.34. The zero-order valence-corrected chi connectivity index (χ0v) is 13.9. The number of carbonyl (C=O) groups excluding carboxylic acids is 2. The first-order valence-electron chi connectivity index (χ1n) is 8.01. The van der Waals surface area contributed by atoms with Gasteiger partial charge >= 0.3 is 0 Å². The molecule has 0 bridgehead atoms. The number of primary amides is 1. The maximum absolute atomic E-state index is 12.3. The number of aromatic nitrogens is 2. The van der Waals surface area contributed by atoms with Crippen molar-refractivity contribution in [2.75, 3.05) is 37.8 Å². The Morgan fingerprint density at radius 1 is 1.40 bits per heavy atom. The molecule has 1 aromatic heterocycles. The van der Waals surface area contributed by atoms with Gasteiger partial charge in [-0.1, -0.05) is 0 Å². The van der Waals surface area contributed by atoms with E-state index >= 15 is 0 Å². The zero-order chi connectivity index (χ0) is 18.0. The van der Waals surface area contributed by atoms with Crippen molar-refractivity contribution in [1.82, 2.24) is 14.9 Å². The molecule has 1 aliphatic rings. The maximum atomic E-state index is 12.3. The van der Waals surface area contributed by atoms with Crippen molar-refractivity contribution in [2.24, 2.45) is 12.8 Å². The van der Waals surface area contributed by atoms with Crippen LogP contribution in [0.2, 0.25) is 0 Å². The maximum Gasteiger partial charge on any atom is 0.252 e. The lowest BCUT2D eigenvalue weighted by Crippen LogP contribution is -2.46. The topological polar surface area (TPSA) is 123 Å². The SMILES string of the molecule is Cn1c(N2CCOCC2)nc2cc(C(=O)N[C@@H](CO)C(N)=O)ccc21. The highest BCUT2D eigenvalue weighted by Gasteiger charge is 2.20. The first-order chi connectivity index (χ1) is 12.0. The van der Waals surface area contributed by atoms with E-state index in [1.165, 1.54) is 0 Å². The van der Waals surface area contributed by atoms with E-state index in [1.807, 2.05) is 11.6 Å². The molecule has 1 fully saturated rings. The number of amides is 2. The molecule has 2 heterocycles. The minimum Gasteiger partial charge on any atom is -0.394 e.